The van der Waals surface area contributed by atoms with E-state index in [0.717, 1.165) is 23.7 Å². The predicted octanol–water partition coefficient (Wildman–Crippen LogP) is 2.87. The zero-order valence-corrected chi connectivity index (χ0v) is 12.4. The third kappa shape index (κ3) is 3.98. The fraction of sp³-hybridized carbons (Fsp3) is 0.692. The molecule has 1 aromatic rings. The van der Waals surface area contributed by atoms with Crippen molar-refractivity contribution in [2.75, 3.05) is 19.1 Å². The second-order valence-corrected chi connectivity index (χ2v) is 5.12. The van der Waals surface area contributed by atoms with Gasteiger partial charge in [0.15, 0.2) is 5.13 Å². The first-order valence-corrected chi connectivity index (χ1v) is 7.24. The highest BCUT2D eigenvalue weighted by molar-refractivity contribution is 7.13. The minimum Gasteiger partial charge on any atom is -0.469 e. The number of rotatable bonds is 7. The molecule has 0 saturated heterocycles. The Morgan fingerprint density at radius 1 is 1.50 bits per heavy atom. The van der Waals surface area contributed by atoms with Crippen LogP contribution in [0.3, 0.4) is 0 Å². The number of nitrogens with zero attached hydrogens (tertiary/aromatic N) is 2. The van der Waals surface area contributed by atoms with Crippen LogP contribution < -0.4 is 4.90 Å². The number of methoxy groups -OCH3 is 1. The lowest BCUT2D eigenvalue weighted by Crippen LogP contribution is -2.30. The van der Waals surface area contributed by atoms with E-state index in [1.165, 1.54) is 7.11 Å². The quantitative estimate of drug-likeness (QED) is 0.715. The Balaban J connectivity index is 2.59. The lowest BCUT2D eigenvalue weighted by atomic mass is 10.1. The molecule has 1 heterocycles. The van der Waals surface area contributed by atoms with E-state index in [2.05, 4.69) is 35.5 Å². The molecule has 1 aromatic heterocycles. The summed E-state index contributed by atoms with van der Waals surface area (Å²) in [6, 6.07) is 0.532. The first-order chi connectivity index (χ1) is 8.62. The van der Waals surface area contributed by atoms with Crippen LogP contribution in [0.25, 0.3) is 0 Å². The molecule has 102 valence electrons. The summed E-state index contributed by atoms with van der Waals surface area (Å²) in [5.74, 6) is -0.183. The lowest BCUT2D eigenvalue weighted by molar-refractivity contribution is -0.140. The first-order valence-electron chi connectivity index (χ1n) is 6.36. The van der Waals surface area contributed by atoms with Gasteiger partial charge in [-0.15, -0.1) is 11.3 Å². The summed E-state index contributed by atoms with van der Waals surface area (Å²) in [5, 5.41) is 3.06. The SMILES string of the molecule is CCC(CC)N(C)c1nc(CCC(=O)OC)cs1. The Hall–Kier alpha value is -1.10. The van der Waals surface area contributed by atoms with E-state index >= 15 is 0 Å². The molecule has 1 rings (SSSR count). The van der Waals surface area contributed by atoms with E-state index in [4.69, 9.17) is 0 Å². The number of carbonyl (C=O) groups is 1. The first kappa shape index (κ1) is 15.0. The molecule has 0 saturated carbocycles. The van der Waals surface area contributed by atoms with Gasteiger partial charge in [0.2, 0.25) is 0 Å². The fourth-order valence-corrected chi connectivity index (χ4v) is 2.80. The average molecular weight is 270 g/mol. The largest absolute Gasteiger partial charge is 0.469 e. The summed E-state index contributed by atoms with van der Waals surface area (Å²) in [7, 11) is 3.50. The van der Waals surface area contributed by atoms with Gasteiger partial charge < -0.3 is 9.64 Å². The van der Waals surface area contributed by atoms with Crippen molar-refractivity contribution in [1.82, 2.24) is 4.98 Å². The number of thiazole rings is 1. The second kappa shape index (κ2) is 7.36. The molecule has 5 heteroatoms. The minimum absolute atomic E-state index is 0.183. The maximum atomic E-state index is 11.1. The highest BCUT2D eigenvalue weighted by Crippen LogP contribution is 2.23. The van der Waals surface area contributed by atoms with Crippen molar-refractivity contribution < 1.29 is 9.53 Å². The van der Waals surface area contributed by atoms with Crippen molar-refractivity contribution in [2.45, 2.75) is 45.6 Å². The highest BCUT2D eigenvalue weighted by atomic mass is 32.1. The van der Waals surface area contributed by atoms with Crippen molar-refractivity contribution in [3.8, 4) is 0 Å². The maximum absolute atomic E-state index is 11.1. The summed E-state index contributed by atoms with van der Waals surface area (Å²) in [4.78, 5) is 17.9. The molecule has 0 amide bonds. The van der Waals surface area contributed by atoms with Crippen LogP contribution in [0.15, 0.2) is 5.38 Å². The number of hydrogen-bond donors (Lipinski definition) is 0. The van der Waals surface area contributed by atoms with Crippen molar-refractivity contribution in [3.63, 3.8) is 0 Å². The third-order valence-electron chi connectivity index (χ3n) is 3.14. The Bertz CT molecular complexity index is 375. The van der Waals surface area contributed by atoms with Crippen LogP contribution in [-0.4, -0.2) is 31.2 Å². The molecule has 0 radical (unpaired) electrons. The molecule has 0 N–H and O–H groups in total. The molecule has 0 spiro atoms. The van der Waals surface area contributed by atoms with Crippen LogP contribution >= 0.6 is 11.3 Å². The normalized spacial score (nSPS) is 10.7. The second-order valence-electron chi connectivity index (χ2n) is 4.28. The van der Waals surface area contributed by atoms with Gasteiger partial charge in [0.1, 0.15) is 0 Å². The molecule has 0 aliphatic heterocycles. The molecule has 0 aromatic carbocycles. The molecule has 0 bridgehead atoms. The Kier molecular flexibility index (Phi) is 6.12. The number of aromatic nitrogens is 1. The van der Waals surface area contributed by atoms with Crippen LogP contribution in [0.2, 0.25) is 0 Å². The van der Waals surface area contributed by atoms with Gasteiger partial charge in [0, 0.05) is 24.9 Å². The van der Waals surface area contributed by atoms with Crippen molar-refractivity contribution in [3.05, 3.63) is 11.1 Å². The Morgan fingerprint density at radius 2 is 2.17 bits per heavy atom. The zero-order valence-electron chi connectivity index (χ0n) is 11.6. The molecule has 0 fully saturated rings. The predicted molar refractivity (Wildman–Crippen MR) is 75.2 cm³/mol. The number of hydrogen-bond acceptors (Lipinski definition) is 5. The molecule has 18 heavy (non-hydrogen) atoms. The number of carbonyl (C=O) groups excluding carboxylic acids is 1. The van der Waals surface area contributed by atoms with E-state index in [-0.39, 0.29) is 5.97 Å². The minimum atomic E-state index is -0.183. The third-order valence-corrected chi connectivity index (χ3v) is 4.12. The summed E-state index contributed by atoms with van der Waals surface area (Å²) >= 11 is 1.64. The molecular formula is C13H22N2O2S. The molecule has 0 aliphatic rings. The summed E-state index contributed by atoms with van der Waals surface area (Å²) in [6.07, 6.45) is 3.28. The van der Waals surface area contributed by atoms with Gasteiger partial charge in [0.05, 0.1) is 19.2 Å². The van der Waals surface area contributed by atoms with Gasteiger partial charge >= 0.3 is 5.97 Å². The topological polar surface area (TPSA) is 42.4 Å². The average Bonchev–Trinajstić information content (AvgIpc) is 2.86. The van der Waals surface area contributed by atoms with E-state index in [9.17, 15) is 4.79 Å². The van der Waals surface area contributed by atoms with Crippen molar-refractivity contribution in [2.24, 2.45) is 0 Å². The van der Waals surface area contributed by atoms with Crippen molar-refractivity contribution >= 4 is 22.4 Å². The molecule has 0 atom stereocenters. The Morgan fingerprint density at radius 3 is 2.72 bits per heavy atom. The van der Waals surface area contributed by atoms with E-state index in [1.807, 2.05) is 5.38 Å². The van der Waals surface area contributed by atoms with Gasteiger partial charge in [-0.25, -0.2) is 4.98 Å². The van der Waals surface area contributed by atoms with Crippen LogP contribution in [0, 0.1) is 0 Å². The molecule has 0 aliphatic carbocycles. The van der Waals surface area contributed by atoms with Crippen LogP contribution in [0.1, 0.15) is 38.8 Å². The lowest BCUT2D eigenvalue weighted by Gasteiger charge is -2.25. The molecule has 0 unspecified atom stereocenters. The number of esters is 1. The summed E-state index contributed by atoms with van der Waals surface area (Å²) in [5.41, 5.74) is 0.971. The smallest absolute Gasteiger partial charge is 0.305 e. The monoisotopic (exact) mass is 270 g/mol. The maximum Gasteiger partial charge on any atom is 0.305 e. The van der Waals surface area contributed by atoms with Crippen LogP contribution in [0.4, 0.5) is 5.13 Å². The van der Waals surface area contributed by atoms with Gasteiger partial charge in [0.25, 0.3) is 0 Å². The van der Waals surface area contributed by atoms with Crippen molar-refractivity contribution in [1.29, 1.82) is 0 Å². The van der Waals surface area contributed by atoms with E-state index in [1.54, 1.807) is 11.3 Å². The van der Waals surface area contributed by atoms with Crippen LogP contribution in [-0.2, 0) is 16.0 Å². The number of aryl methyl sites for hydroxylation is 1. The van der Waals surface area contributed by atoms with Gasteiger partial charge in [-0.05, 0) is 12.8 Å². The standard InChI is InChI=1S/C13H22N2O2S/c1-5-11(6-2)15(3)13-14-10(9-18-13)7-8-12(16)17-4/h9,11H,5-8H2,1-4H3. The van der Waals surface area contributed by atoms with Gasteiger partial charge in [-0.2, -0.15) is 0 Å². The van der Waals surface area contributed by atoms with E-state index in [0.29, 0.717) is 18.9 Å². The Labute approximate surface area is 113 Å². The van der Waals surface area contributed by atoms with E-state index < -0.39 is 0 Å². The highest BCUT2D eigenvalue weighted by Gasteiger charge is 2.14. The number of anilines is 1. The van der Waals surface area contributed by atoms with Gasteiger partial charge in [-0.3, -0.25) is 4.79 Å². The molecule has 4 nitrogen and oxygen atoms in total. The van der Waals surface area contributed by atoms with Gasteiger partial charge in [-0.1, -0.05) is 13.8 Å². The summed E-state index contributed by atoms with van der Waals surface area (Å²) < 4.78 is 4.63. The number of ether oxygens (including phenoxy) is 1. The zero-order chi connectivity index (χ0) is 13.5. The van der Waals surface area contributed by atoms with Crippen LogP contribution in [0.5, 0.6) is 0 Å². The fourth-order valence-electron chi connectivity index (χ4n) is 1.90. The molecular weight excluding hydrogens is 248 g/mol. The summed E-state index contributed by atoms with van der Waals surface area (Å²) in [6.45, 7) is 4.38.